The van der Waals surface area contributed by atoms with Crippen LogP contribution < -0.4 is 19.4 Å². The molecule has 0 aliphatic heterocycles. The molecule has 0 atom stereocenters. The van der Waals surface area contributed by atoms with Gasteiger partial charge in [0.1, 0.15) is 11.5 Å². The molecule has 5 nitrogen and oxygen atoms in total. The molecular formula is C33H47N2O3S+. The second kappa shape index (κ2) is 18.4. The molecule has 1 N–H and O–H groups in total. The number of hydrogen-bond acceptors (Lipinski definition) is 4. The molecule has 1 amide bonds. The lowest BCUT2D eigenvalue weighted by atomic mass is 10.1. The number of carbonyl (C=O) groups excluding carboxylic acids is 1. The number of thiazole rings is 1. The van der Waals surface area contributed by atoms with E-state index in [9.17, 15) is 4.79 Å². The molecule has 39 heavy (non-hydrogen) atoms. The highest BCUT2D eigenvalue weighted by Crippen LogP contribution is 2.26. The van der Waals surface area contributed by atoms with Crippen LogP contribution in [0.3, 0.4) is 0 Å². The van der Waals surface area contributed by atoms with Gasteiger partial charge >= 0.3 is 0 Å². The number of para-hydroxylation sites is 1. The van der Waals surface area contributed by atoms with Gasteiger partial charge in [-0.3, -0.25) is 4.79 Å². The van der Waals surface area contributed by atoms with E-state index in [1.54, 1.807) is 18.4 Å². The predicted molar refractivity (Wildman–Crippen MR) is 162 cm³/mol. The third-order valence-corrected chi connectivity index (χ3v) is 7.72. The van der Waals surface area contributed by atoms with Crippen molar-refractivity contribution in [2.75, 3.05) is 19.0 Å². The first-order valence-electron chi connectivity index (χ1n) is 14.8. The van der Waals surface area contributed by atoms with Gasteiger partial charge in [-0.15, -0.1) is 0 Å². The number of methoxy groups -OCH3 is 1. The number of amides is 1. The average molecular weight is 552 g/mol. The molecule has 0 aliphatic carbocycles. The maximum atomic E-state index is 13.0. The van der Waals surface area contributed by atoms with Crippen molar-refractivity contribution in [3.05, 3.63) is 70.7 Å². The minimum Gasteiger partial charge on any atom is -0.497 e. The van der Waals surface area contributed by atoms with Gasteiger partial charge in [-0.25, -0.2) is 0 Å². The van der Waals surface area contributed by atoms with Crippen LogP contribution in [0.4, 0.5) is 5.69 Å². The summed E-state index contributed by atoms with van der Waals surface area (Å²) in [6.07, 6.45) is 18.1. The van der Waals surface area contributed by atoms with Gasteiger partial charge in [0, 0.05) is 17.2 Å². The van der Waals surface area contributed by atoms with Gasteiger partial charge in [0.15, 0.2) is 12.7 Å². The molecule has 2 aromatic carbocycles. The average Bonchev–Trinajstić information content (AvgIpc) is 3.46. The molecule has 0 unspecified atom stereocenters. The number of ether oxygens (including phenoxy) is 2. The van der Waals surface area contributed by atoms with E-state index < -0.39 is 0 Å². The number of anilines is 1. The van der Waals surface area contributed by atoms with Crippen molar-refractivity contribution < 1.29 is 18.8 Å². The second-order valence-corrected chi connectivity index (χ2v) is 11.0. The summed E-state index contributed by atoms with van der Waals surface area (Å²) in [7, 11) is 1.65. The van der Waals surface area contributed by atoms with Crippen molar-refractivity contribution >= 4 is 22.9 Å². The van der Waals surface area contributed by atoms with E-state index in [-0.39, 0.29) is 12.3 Å². The molecule has 6 heteroatoms. The topological polar surface area (TPSA) is 51.4 Å². The molecule has 0 fully saturated rings. The molecule has 0 saturated heterocycles. The Balaban J connectivity index is 1.41. The number of unbranched alkanes of at least 4 members (excludes halogenated alkanes) is 11. The van der Waals surface area contributed by atoms with Crippen LogP contribution in [-0.4, -0.2) is 19.6 Å². The fourth-order valence-electron chi connectivity index (χ4n) is 4.76. The summed E-state index contributed by atoms with van der Waals surface area (Å²) >= 11 is 1.65. The van der Waals surface area contributed by atoms with Gasteiger partial charge in [0.2, 0.25) is 11.4 Å². The first kappa shape index (κ1) is 30.7. The molecule has 3 rings (SSSR count). The molecular weight excluding hydrogens is 504 g/mol. The molecule has 0 aliphatic rings. The molecule has 0 radical (unpaired) electrons. The SMILES string of the molecule is CCCCCCCCCCCCCCOc1cc(OC)ccc1CC(=O)Nc1ccccc1C[n+]1ccsc1. The smallest absolute Gasteiger partial charge is 0.228 e. The molecule has 3 aromatic rings. The van der Waals surface area contributed by atoms with Crippen molar-refractivity contribution in [3.63, 3.8) is 0 Å². The maximum absolute atomic E-state index is 13.0. The van der Waals surface area contributed by atoms with Gasteiger partial charge < -0.3 is 14.8 Å². The van der Waals surface area contributed by atoms with Crippen LogP contribution in [0.1, 0.15) is 95.1 Å². The van der Waals surface area contributed by atoms with Gasteiger partial charge in [-0.1, -0.05) is 113 Å². The molecule has 0 bridgehead atoms. The lowest BCUT2D eigenvalue weighted by Crippen LogP contribution is -2.31. The zero-order valence-corrected chi connectivity index (χ0v) is 24.8. The third-order valence-electron chi connectivity index (χ3n) is 7.05. The number of carbonyl (C=O) groups is 1. The molecule has 1 heterocycles. The summed E-state index contributed by atoms with van der Waals surface area (Å²) in [4.78, 5) is 13.0. The Morgan fingerprint density at radius 1 is 0.872 bits per heavy atom. The zero-order valence-electron chi connectivity index (χ0n) is 24.0. The Morgan fingerprint density at radius 2 is 1.56 bits per heavy atom. The van der Waals surface area contributed by atoms with E-state index in [1.165, 1.54) is 70.6 Å². The van der Waals surface area contributed by atoms with Crippen LogP contribution in [0.25, 0.3) is 0 Å². The highest BCUT2D eigenvalue weighted by Gasteiger charge is 2.14. The molecule has 1 aromatic heterocycles. The van der Waals surface area contributed by atoms with E-state index in [4.69, 9.17) is 9.47 Å². The minimum atomic E-state index is -0.0573. The zero-order chi connectivity index (χ0) is 27.5. The molecule has 0 spiro atoms. The number of aromatic nitrogens is 1. The number of rotatable bonds is 20. The summed E-state index contributed by atoms with van der Waals surface area (Å²) in [5.74, 6) is 1.41. The van der Waals surface area contributed by atoms with Crippen molar-refractivity contribution in [3.8, 4) is 11.5 Å². The summed E-state index contributed by atoms with van der Waals surface area (Å²) in [5.41, 5.74) is 4.86. The largest absolute Gasteiger partial charge is 0.497 e. The van der Waals surface area contributed by atoms with E-state index in [0.29, 0.717) is 6.61 Å². The van der Waals surface area contributed by atoms with Gasteiger partial charge in [0.05, 0.1) is 31.2 Å². The van der Waals surface area contributed by atoms with Gasteiger partial charge in [-0.05, 0) is 18.6 Å². The lowest BCUT2D eigenvalue weighted by Gasteiger charge is -2.14. The van der Waals surface area contributed by atoms with Crippen molar-refractivity contribution in [2.45, 2.75) is 96.9 Å². The standard InChI is InChI=1S/C33H46N2O3S/c1-3-4-5-6-7-8-9-10-11-12-13-16-22-38-32-25-30(37-2)20-19-28(32)24-33(36)34-31-18-15-14-17-29(31)26-35-21-23-39-27-35/h14-15,17-21,23,25,27H,3-13,16,22,24,26H2,1-2H3/p+1. The van der Waals surface area contributed by atoms with E-state index in [1.807, 2.05) is 48.0 Å². The van der Waals surface area contributed by atoms with Gasteiger partial charge in [0.25, 0.3) is 0 Å². The Morgan fingerprint density at radius 3 is 2.23 bits per heavy atom. The number of nitrogens with one attached hydrogen (secondary N) is 1. The van der Waals surface area contributed by atoms with Crippen LogP contribution in [0.15, 0.2) is 59.6 Å². The quantitative estimate of drug-likeness (QED) is 0.113. The summed E-state index contributed by atoms with van der Waals surface area (Å²) in [6, 6.07) is 13.7. The highest BCUT2D eigenvalue weighted by molar-refractivity contribution is 7.07. The summed E-state index contributed by atoms with van der Waals surface area (Å²) in [6.45, 7) is 3.64. The van der Waals surface area contributed by atoms with Crippen LogP contribution in [0, 0.1) is 0 Å². The van der Waals surface area contributed by atoms with Crippen LogP contribution in [0.2, 0.25) is 0 Å². The van der Waals surface area contributed by atoms with E-state index in [0.717, 1.165) is 41.3 Å². The van der Waals surface area contributed by atoms with E-state index in [2.05, 4.69) is 28.4 Å². The highest BCUT2D eigenvalue weighted by atomic mass is 32.1. The predicted octanol–water partition coefficient (Wildman–Crippen LogP) is 8.35. The van der Waals surface area contributed by atoms with Crippen molar-refractivity contribution in [1.29, 1.82) is 0 Å². The van der Waals surface area contributed by atoms with Crippen molar-refractivity contribution in [2.24, 2.45) is 0 Å². The molecule has 0 saturated carbocycles. The summed E-state index contributed by atoms with van der Waals surface area (Å²) in [5, 5.41) is 5.15. The van der Waals surface area contributed by atoms with Crippen LogP contribution >= 0.6 is 11.3 Å². The number of benzene rings is 2. The first-order chi connectivity index (χ1) is 19.2. The third kappa shape index (κ3) is 11.8. The Bertz CT molecular complexity index is 1080. The van der Waals surface area contributed by atoms with Crippen LogP contribution in [0.5, 0.6) is 11.5 Å². The fraction of sp³-hybridized carbons (Fsp3) is 0.515. The number of hydrogen-bond donors (Lipinski definition) is 1. The second-order valence-electron chi connectivity index (χ2n) is 10.3. The number of nitrogens with zero attached hydrogens (tertiary/aromatic N) is 1. The van der Waals surface area contributed by atoms with Crippen molar-refractivity contribution in [1.82, 2.24) is 0 Å². The first-order valence-corrected chi connectivity index (χ1v) is 15.7. The summed E-state index contributed by atoms with van der Waals surface area (Å²) < 4.78 is 13.7. The Hall–Kier alpha value is -2.86. The minimum absolute atomic E-state index is 0.0573. The molecule has 212 valence electrons. The van der Waals surface area contributed by atoms with E-state index >= 15 is 0 Å². The monoisotopic (exact) mass is 551 g/mol. The Kier molecular flexibility index (Phi) is 14.5. The normalized spacial score (nSPS) is 10.9. The van der Waals surface area contributed by atoms with Crippen LogP contribution in [-0.2, 0) is 17.8 Å². The maximum Gasteiger partial charge on any atom is 0.228 e. The van der Waals surface area contributed by atoms with Gasteiger partial charge in [-0.2, -0.15) is 4.57 Å². The fourth-order valence-corrected chi connectivity index (χ4v) is 5.36. The lowest BCUT2D eigenvalue weighted by molar-refractivity contribution is -0.683. The Labute approximate surface area is 239 Å².